The van der Waals surface area contributed by atoms with Crippen molar-refractivity contribution in [2.24, 2.45) is 0 Å². The number of aromatic hydroxyl groups is 1. The number of carbonyl (C=O) groups excluding carboxylic acids is 2. The van der Waals surface area contributed by atoms with Gasteiger partial charge in [-0.25, -0.2) is 13.2 Å². The fourth-order valence-electron chi connectivity index (χ4n) is 3.58. The molecule has 1 fully saturated rings. The summed E-state index contributed by atoms with van der Waals surface area (Å²) in [5.41, 5.74) is -2.43. The molecule has 8 nitrogen and oxygen atoms in total. The van der Waals surface area contributed by atoms with Crippen molar-refractivity contribution < 1.29 is 32.6 Å². The predicted octanol–water partition coefficient (Wildman–Crippen LogP) is 0.928. The lowest BCUT2D eigenvalue weighted by atomic mass is 10.1. The zero-order valence-corrected chi connectivity index (χ0v) is 15.5. The summed E-state index contributed by atoms with van der Waals surface area (Å²) in [5, 5.41) is 12.5. The predicted molar refractivity (Wildman–Crippen MR) is 95.6 cm³/mol. The number of benzene rings is 1. The number of halogens is 3. The van der Waals surface area contributed by atoms with Gasteiger partial charge in [0, 0.05) is 43.5 Å². The highest BCUT2D eigenvalue weighted by Crippen LogP contribution is 2.28. The Bertz CT molecular complexity index is 1090. The third-order valence-electron chi connectivity index (χ3n) is 5.12. The van der Waals surface area contributed by atoms with E-state index in [-0.39, 0.29) is 18.8 Å². The summed E-state index contributed by atoms with van der Waals surface area (Å²) < 4.78 is 47.3. The van der Waals surface area contributed by atoms with Gasteiger partial charge in [0.25, 0.3) is 11.8 Å². The maximum Gasteiger partial charge on any atom is 0.274 e. The molecular formula is C19H16F3N3O5. The van der Waals surface area contributed by atoms with Crippen LogP contribution >= 0.6 is 0 Å². The molecule has 2 aliphatic rings. The van der Waals surface area contributed by atoms with Gasteiger partial charge >= 0.3 is 0 Å². The van der Waals surface area contributed by atoms with Crippen LogP contribution in [0.4, 0.5) is 13.2 Å². The Kier molecular flexibility index (Phi) is 4.98. The average Bonchev–Trinajstić information content (AvgIpc) is 2.91. The molecule has 3 heterocycles. The monoisotopic (exact) mass is 423 g/mol. The first-order valence-corrected chi connectivity index (χ1v) is 9.04. The Morgan fingerprint density at radius 1 is 1.23 bits per heavy atom. The second-order valence-electron chi connectivity index (χ2n) is 6.99. The van der Waals surface area contributed by atoms with E-state index in [0.29, 0.717) is 25.3 Å². The van der Waals surface area contributed by atoms with Crippen LogP contribution in [0.3, 0.4) is 0 Å². The van der Waals surface area contributed by atoms with E-state index in [2.05, 4.69) is 5.32 Å². The molecular weight excluding hydrogens is 407 g/mol. The van der Waals surface area contributed by atoms with Crippen LogP contribution in [0.1, 0.15) is 32.5 Å². The van der Waals surface area contributed by atoms with Crippen LogP contribution in [0.2, 0.25) is 0 Å². The molecule has 0 unspecified atom stereocenters. The fraction of sp³-hybridized carbons (Fsp3) is 0.316. The Balaban J connectivity index is 1.67. The SMILES string of the molecule is O=C(NCc1c(F)cc(F)cc1F)c1cn2c(c(O)c1=O)C(=O)N1CCOC[C@H]2C1. The lowest BCUT2D eigenvalue weighted by Crippen LogP contribution is -2.45. The van der Waals surface area contributed by atoms with Crippen molar-refractivity contribution in [3.8, 4) is 5.75 Å². The van der Waals surface area contributed by atoms with E-state index in [1.807, 2.05) is 0 Å². The largest absolute Gasteiger partial charge is 0.503 e. The molecule has 0 spiro atoms. The normalized spacial score (nSPS) is 18.0. The van der Waals surface area contributed by atoms with E-state index in [4.69, 9.17) is 4.74 Å². The summed E-state index contributed by atoms with van der Waals surface area (Å²) in [6.07, 6.45) is 1.12. The van der Waals surface area contributed by atoms with Crippen LogP contribution in [0.5, 0.6) is 5.75 Å². The van der Waals surface area contributed by atoms with E-state index in [1.165, 1.54) is 9.47 Å². The average molecular weight is 423 g/mol. The number of hydrogen-bond acceptors (Lipinski definition) is 5. The highest BCUT2D eigenvalue weighted by atomic mass is 19.1. The first-order valence-electron chi connectivity index (χ1n) is 9.04. The molecule has 11 heteroatoms. The quantitative estimate of drug-likeness (QED) is 0.765. The van der Waals surface area contributed by atoms with Gasteiger partial charge in [-0.15, -0.1) is 0 Å². The summed E-state index contributed by atoms with van der Waals surface area (Å²) in [6.45, 7) is 0.426. The van der Waals surface area contributed by atoms with Gasteiger partial charge in [0.2, 0.25) is 5.43 Å². The van der Waals surface area contributed by atoms with Crippen molar-refractivity contribution in [2.45, 2.75) is 12.6 Å². The molecule has 2 aliphatic heterocycles. The molecule has 1 atom stereocenters. The van der Waals surface area contributed by atoms with Gasteiger partial charge in [0.05, 0.1) is 19.3 Å². The maximum absolute atomic E-state index is 13.8. The standard InChI is InChI=1S/C19H16F3N3O5/c20-9-3-13(21)11(14(22)4-9)5-23-18(28)12-7-25-10-6-24(1-2-30-8-10)19(29)15(25)17(27)16(12)26/h3-4,7,10,27H,1-2,5-6,8H2,(H,23,28)/t10-/m1/s1. The molecule has 2 N–H and O–H groups in total. The van der Waals surface area contributed by atoms with Crippen molar-refractivity contribution in [1.29, 1.82) is 0 Å². The van der Waals surface area contributed by atoms with E-state index >= 15 is 0 Å². The molecule has 1 aromatic heterocycles. The summed E-state index contributed by atoms with van der Waals surface area (Å²) in [5.74, 6) is -5.96. The van der Waals surface area contributed by atoms with Gasteiger partial charge in [0.1, 0.15) is 23.0 Å². The number of nitrogens with zero attached hydrogens (tertiary/aromatic N) is 2. The minimum atomic E-state index is -1.20. The molecule has 4 rings (SSSR count). The topological polar surface area (TPSA) is 101 Å². The van der Waals surface area contributed by atoms with Crippen molar-refractivity contribution in [1.82, 2.24) is 14.8 Å². The van der Waals surface area contributed by atoms with Crippen molar-refractivity contribution >= 4 is 11.8 Å². The lowest BCUT2D eigenvalue weighted by molar-refractivity contribution is 0.0685. The zero-order valence-electron chi connectivity index (χ0n) is 15.5. The summed E-state index contributed by atoms with van der Waals surface area (Å²) in [7, 11) is 0. The Morgan fingerprint density at radius 3 is 2.63 bits per heavy atom. The van der Waals surface area contributed by atoms with Crippen LogP contribution in [0.25, 0.3) is 0 Å². The number of rotatable bonds is 3. The second kappa shape index (κ2) is 7.48. The summed E-state index contributed by atoms with van der Waals surface area (Å²) >= 11 is 0. The molecule has 0 saturated carbocycles. The zero-order chi connectivity index (χ0) is 21.6. The van der Waals surface area contributed by atoms with Gasteiger partial charge in [-0.05, 0) is 0 Å². The van der Waals surface area contributed by atoms with Gasteiger partial charge in [-0.2, -0.15) is 0 Å². The minimum absolute atomic E-state index is 0.201. The number of fused-ring (bicyclic) bond motifs is 4. The van der Waals surface area contributed by atoms with Gasteiger partial charge in [-0.1, -0.05) is 0 Å². The Morgan fingerprint density at radius 2 is 1.93 bits per heavy atom. The molecule has 0 aliphatic carbocycles. The van der Waals surface area contributed by atoms with Gasteiger partial charge in [0.15, 0.2) is 11.4 Å². The van der Waals surface area contributed by atoms with Crippen molar-refractivity contribution in [2.75, 3.05) is 26.3 Å². The number of nitrogens with one attached hydrogen (secondary N) is 1. The number of aromatic nitrogens is 1. The van der Waals surface area contributed by atoms with E-state index in [0.717, 1.165) is 6.20 Å². The minimum Gasteiger partial charge on any atom is -0.503 e. The molecule has 1 saturated heterocycles. The summed E-state index contributed by atoms with van der Waals surface area (Å²) in [4.78, 5) is 39.0. The second-order valence-corrected chi connectivity index (χ2v) is 6.99. The smallest absolute Gasteiger partial charge is 0.274 e. The van der Waals surface area contributed by atoms with Gasteiger partial charge < -0.3 is 24.6 Å². The molecule has 158 valence electrons. The molecule has 30 heavy (non-hydrogen) atoms. The van der Waals surface area contributed by atoms with E-state index < -0.39 is 64.2 Å². The van der Waals surface area contributed by atoms with Crippen LogP contribution < -0.4 is 10.7 Å². The third-order valence-corrected chi connectivity index (χ3v) is 5.12. The highest BCUT2D eigenvalue weighted by molar-refractivity contribution is 5.99. The molecule has 1 aromatic carbocycles. The van der Waals surface area contributed by atoms with Gasteiger partial charge in [-0.3, -0.25) is 14.4 Å². The number of ether oxygens (including phenoxy) is 1. The van der Waals surface area contributed by atoms with Crippen LogP contribution in [0.15, 0.2) is 23.1 Å². The van der Waals surface area contributed by atoms with Crippen LogP contribution in [-0.4, -0.2) is 52.7 Å². The highest BCUT2D eigenvalue weighted by Gasteiger charge is 2.36. The molecule has 0 radical (unpaired) electrons. The number of hydrogen-bond donors (Lipinski definition) is 2. The van der Waals surface area contributed by atoms with Crippen molar-refractivity contribution in [3.05, 3.63) is 62.8 Å². The Labute approximate surface area is 167 Å². The Hall–Kier alpha value is -3.34. The van der Waals surface area contributed by atoms with Crippen LogP contribution in [0, 0.1) is 17.5 Å². The number of pyridine rings is 1. The third kappa shape index (κ3) is 3.30. The number of amides is 2. The first kappa shape index (κ1) is 20.0. The van der Waals surface area contributed by atoms with Crippen LogP contribution in [-0.2, 0) is 11.3 Å². The molecule has 2 aromatic rings. The van der Waals surface area contributed by atoms with E-state index in [1.54, 1.807) is 0 Å². The first-order chi connectivity index (χ1) is 14.3. The van der Waals surface area contributed by atoms with Crippen molar-refractivity contribution in [3.63, 3.8) is 0 Å². The summed E-state index contributed by atoms with van der Waals surface area (Å²) in [6, 6.07) is 0.506. The molecule has 2 bridgehead atoms. The van der Waals surface area contributed by atoms with E-state index in [9.17, 15) is 32.7 Å². The fourth-order valence-corrected chi connectivity index (χ4v) is 3.58. The molecule has 2 amide bonds. The number of carbonyl (C=O) groups is 2. The maximum atomic E-state index is 13.8. The lowest BCUT2D eigenvalue weighted by Gasteiger charge is -2.33.